The number of aliphatic hydroxyl groups excluding tert-OH is 1. The van der Waals surface area contributed by atoms with E-state index in [-0.39, 0.29) is 18.0 Å². The number of nitrogens with one attached hydrogen (secondary N) is 2. The average Bonchev–Trinajstić information content (AvgIpc) is 2.95. The summed E-state index contributed by atoms with van der Waals surface area (Å²) in [5.41, 5.74) is 1.66. The minimum atomic E-state index is -0.569. The third kappa shape index (κ3) is 3.21. The Hall–Kier alpha value is -2.67. The van der Waals surface area contributed by atoms with Gasteiger partial charge in [0.1, 0.15) is 5.69 Å². The minimum Gasteiger partial charge on any atom is -0.392 e. The summed E-state index contributed by atoms with van der Waals surface area (Å²) in [7, 11) is 0. The van der Waals surface area contributed by atoms with E-state index in [0.717, 1.165) is 11.1 Å². The predicted octanol–water partition coefficient (Wildman–Crippen LogP) is 1.35. The van der Waals surface area contributed by atoms with Crippen LogP contribution in [0.2, 0.25) is 0 Å². The van der Waals surface area contributed by atoms with Gasteiger partial charge in [0.15, 0.2) is 0 Å². The van der Waals surface area contributed by atoms with Crippen LogP contribution < -0.4 is 5.32 Å². The molecule has 1 aromatic heterocycles. The second kappa shape index (κ2) is 5.98. The quantitative estimate of drug-likeness (QED) is 0.565. The van der Waals surface area contributed by atoms with E-state index in [9.17, 15) is 14.9 Å². The van der Waals surface area contributed by atoms with Crippen molar-refractivity contribution in [2.75, 3.05) is 0 Å². The molecule has 104 valence electrons. The second-order valence-electron chi connectivity index (χ2n) is 4.19. The standard InChI is InChI=1S/C13H13N3O4/c17-8-10-3-1-9(2-4-10)6-15-13(18)12-5-11(7-14-12)16(19)20/h1-5,7,14,17H,6,8H2,(H,15,18). The van der Waals surface area contributed by atoms with E-state index >= 15 is 0 Å². The Labute approximate surface area is 114 Å². The molecule has 1 aromatic carbocycles. The van der Waals surface area contributed by atoms with Gasteiger partial charge in [0.2, 0.25) is 0 Å². The lowest BCUT2D eigenvalue weighted by molar-refractivity contribution is -0.384. The average molecular weight is 275 g/mol. The first-order valence-corrected chi connectivity index (χ1v) is 5.90. The van der Waals surface area contributed by atoms with E-state index in [0.29, 0.717) is 6.54 Å². The molecule has 0 saturated heterocycles. The van der Waals surface area contributed by atoms with E-state index in [4.69, 9.17) is 5.11 Å². The van der Waals surface area contributed by atoms with E-state index in [1.807, 2.05) is 0 Å². The second-order valence-corrected chi connectivity index (χ2v) is 4.19. The highest BCUT2D eigenvalue weighted by atomic mass is 16.6. The highest BCUT2D eigenvalue weighted by Crippen LogP contribution is 2.12. The number of nitro groups is 1. The van der Waals surface area contributed by atoms with Crippen molar-refractivity contribution in [1.82, 2.24) is 10.3 Å². The van der Waals surface area contributed by atoms with Crippen LogP contribution in [0.1, 0.15) is 21.6 Å². The predicted molar refractivity (Wildman–Crippen MR) is 71.0 cm³/mol. The van der Waals surface area contributed by atoms with Crippen LogP contribution in [0.25, 0.3) is 0 Å². The Bertz CT molecular complexity index is 619. The molecule has 0 aliphatic rings. The van der Waals surface area contributed by atoms with Crippen molar-refractivity contribution in [2.24, 2.45) is 0 Å². The fraction of sp³-hybridized carbons (Fsp3) is 0.154. The summed E-state index contributed by atoms with van der Waals surface area (Å²) >= 11 is 0. The highest BCUT2D eigenvalue weighted by molar-refractivity contribution is 5.93. The Kier molecular flexibility index (Phi) is 4.11. The topological polar surface area (TPSA) is 108 Å². The number of hydrogen-bond acceptors (Lipinski definition) is 4. The first-order chi connectivity index (χ1) is 9.60. The van der Waals surface area contributed by atoms with Crippen molar-refractivity contribution in [3.05, 3.63) is 63.5 Å². The number of aliphatic hydroxyl groups is 1. The van der Waals surface area contributed by atoms with Gasteiger partial charge in [-0.15, -0.1) is 0 Å². The van der Waals surface area contributed by atoms with E-state index in [2.05, 4.69) is 10.3 Å². The molecule has 0 fully saturated rings. The molecular formula is C13H13N3O4. The lowest BCUT2D eigenvalue weighted by Crippen LogP contribution is -2.23. The van der Waals surface area contributed by atoms with Crippen LogP contribution in [0.4, 0.5) is 5.69 Å². The van der Waals surface area contributed by atoms with Gasteiger partial charge in [-0.2, -0.15) is 0 Å². The molecule has 1 heterocycles. The zero-order chi connectivity index (χ0) is 14.5. The Morgan fingerprint density at radius 3 is 2.50 bits per heavy atom. The Morgan fingerprint density at radius 2 is 1.95 bits per heavy atom. The zero-order valence-electron chi connectivity index (χ0n) is 10.5. The molecule has 0 aliphatic heterocycles. The van der Waals surface area contributed by atoms with Gasteiger partial charge in [0.05, 0.1) is 17.7 Å². The van der Waals surface area contributed by atoms with Gasteiger partial charge in [-0.1, -0.05) is 24.3 Å². The first-order valence-electron chi connectivity index (χ1n) is 5.90. The van der Waals surface area contributed by atoms with Gasteiger partial charge in [-0.05, 0) is 11.1 Å². The van der Waals surface area contributed by atoms with Crippen LogP contribution >= 0.6 is 0 Å². The lowest BCUT2D eigenvalue weighted by Gasteiger charge is -2.04. The molecule has 3 N–H and O–H groups in total. The number of amides is 1. The summed E-state index contributed by atoms with van der Waals surface area (Å²) in [4.78, 5) is 24.3. The van der Waals surface area contributed by atoms with E-state index in [1.54, 1.807) is 24.3 Å². The Balaban J connectivity index is 1.95. The molecule has 1 amide bonds. The zero-order valence-corrected chi connectivity index (χ0v) is 10.5. The molecule has 7 heteroatoms. The highest BCUT2D eigenvalue weighted by Gasteiger charge is 2.13. The van der Waals surface area contributed by atoms with Crippen LogP contribution in [0, 0.1) is 10.1 Å². The fourth-order valence-electron chi connectivity index (χ4n) is 1.66. The van der Waals surface area contributed by atoms with Crippen LogP contribution in [-0.2, 0) is 13.2 Å². The maximum absolute atomic E-state index is 11.8. The first kappa shape index (κ1) is 13.8. The molecule has 0 spiro atoms. The fourth-order valence-corrected chi connectivity index (χ4v) is 1.66. The maximum atomic E-state index is 11.8. The van der Waals surface area contributed by atoms with Gasteiger partial charge < -0.3 is 15.4 Å². The summed E-state index contributed by atoms with van der Waals surface area (Å²) in [6, 6.07) is 8.30. The molecule has 0 radical (unpaired) electrons. The molecule has 0 bridgehead atoms. The van der Waals surface area contributed by atoms with Crippen molar-refractivity contribution in [3.63, 3.8) is 0 Å². The molecule has 0 unspecified atom stereocenters. The maximum Gasteiger partial charge on any atom is 0.287 e. The molecule has 20 heavy (non-hydrogen) atoms. The number of nitrogens with zero attached hydrogens (tertiary/aromatic N) is 1. The number of carbonyl (C=O) groups is 1. The number of hydrogen-bond donors (Lipinski definition) is 3. The molecule has 0 saturated carbocycles. The van der Waals surface area contributed by atoms with Crippen LogP contribution in [0.3, 0.4) is 0 Å². The summed E-state index contributed by atoms with van der Waals surface area (Å²) < 4.78 is 0. The summed E-state index contributed by atoms with van der Waals surface area (Å²) in [6.45, 7) is 0.274. The number of rotatable bonds is 5. The van der Waals surface area contributed by atoms with Crippen molar-refractivity contribution in [3.8, 4) is 0 Å². The summed E-state index contributed by atoms with van der Waals surface area (Å²) in [5.74, 6) is -0.413. The van der Waals surface area contributed by atoms with Crippen molar-refractivity contribution in [1.29, 1.82) is 0 Å². The lowest BCUT2D eigenvalue weighted by atomic mass is 10.1. The van der Waals surface area contributed by atoms with Gasteiger partial charge >= 0.3 is 0 Å². The molecule has 2 rings (SSSR count). The van der Waals surface area contributed by atoms with Gasteiger partial charge in [-0.3, -0.25) is 14.9 Å². The normalized spacial score (nSPS) is 10.2. The number of benzene rings is 1. The minimum absolute atomic E-state index is 0.0290. The largest absolute Gasteiger partial charge is 0.392 e. The van der Waals surface area contributed by atoms with E-state index < -0.39 is 10.8 Å². The molecule has 7 nitrogen and oxygen atoms in total. The number of aromatic nitrogens is 1. The third-order valence-electron chi connectivity index (χ3n) is 2.78. The number of carbonyl (C=O) groups excluding carboxylic acids is 1. The molecule has 2 aromatic rings. The Morgan fingerprint density at radius 1 is 1.30 bits per heavy atom. The molecular weight excluding hydrogens is 262 g/mol. The van der Waals surface area contributed by atoms with Crippen LogP contribution in [-0.4, -0.2) is 20.9 Å². The van der Waals surface area contributed by atoms with Crippen LogP contribution in [0.15, 0.2) is 36.5 Å². The third-order valence-corrected chi connectivity index (χ3v) is 2.78. The SMILES string of the molecule is O=C(NCc1ccc(CO)cc1)c1cc([N+](=O)[O-])c[nH]1. The van der Waals surface area contributed by atoms with Crippen molar-refractivity contribution in [2.45, 2.75) is 13.2 Å². The van der Waals surface area contributed by atoms with Crippen LogP contribution in [0.5, 0.6) is 0 Å². The number of H-pyrrole nitrogens is 1. The van der Waals surface area contributed by atoms with Crippen molar-refractivity contribution >= 4 is 11.6 Å². The smallest absolute Gasteiger partial charge is 0.287 e. The van der Waals surface area contributed by atoms with E-state index in [1.165, 1.54) is 12.3 Å². The summed E-state index contributed by atoms with van der Waals surface area (Å²) in [5, 5.41) is 22.1. The summed E-state index contributed by atoms with van der Waals surface area (Å²) in [6.07, 6.45) is 1.17. The monoisotopic (exact) mass is 275 g/mol. The van der Waals surface area contributed by atoms with Crippen molar-refractivity contribution < 1.29 is 14.8 Å². The van der Waals surface area contributed by atoms with Gasteiger partial charge in [0, 0.05) is 12.6 Å². The van der Waals surface area contributed by atoms with Gasteiger partial charge in [0.25, 0.3) is 11.6 Å². The molecule has 0 aliphatic carbocycles. The molecule has 0 atom stereocenters. The number of aromatic amines is 1. The van der Waals surface area contributed by atoms with Gasteiger partial charge in [-0.25, -0.2) is 0 Å².